The molecule has 0 atom stereocenters. The lowest BCUT2D eigenvalue weighted by atomic mass is 9.94. The summed E-state index contributed by atoms with van der Waals surface area (Å²) in [6.45, 7) is 3.84. The van der Waals surface area contributed by atoms with E-state index in [0.717, 1.165) is 50.6 Å². The van der Waals surface area contributed by atoms with Crippen molar-refractivity contribution < 1.29 is 9.26 Å². The zero-order chi connectivity index (χ0) is 14.1. The summed E-state index contributed by atoms with van der Waals surface area (Å²) in [7, 11) is 0. The molecule has 0 amide bonds. The fraction of sp³-hybridized carbons (Fsp3) is 0.500. The van der Waals surface area contributed by atoms with Crippen LogP contribution in [0.2, 0.25) is 0 Å². The highest BCUT2D eigenvalue weighted by Crippen LogP contribution is 2.31. The molecule has 21 heavy (non-hydrogen) atoms. The molecule has 2 saturated heterocycles. The predicted molar refractivity (Wildman–Crippen MR) is 77.9 cm³/mol. The lowest BCUT2D eigenvalue weighted by Gasteiger charge is -2.44. The van der Waals surface area contributed by atoms with Crippen LogP contribution in [0.3, 0.4) is 0 Å². The van der Waals surface area contributed by atoms with Crippen LogP contribution in [-0.2, 0) is 4.74 Å². The van der Waals surface area contributed by atoms with E-state index in [1.807, 2.05) is 30.3 Å². The Morgan fingerprint density at radius 3 is 2.57 bits per heavy atom. The second-order valence-corrected chi connectivity index (χ2v) is 5.82. The van der Waals surface area contributed by atoms with Gasteiger partial charge in [0, 0.05) is 37.9 Å². The van der Waals surface area contributed by atoms with Crippen molar-refractivity contribution in [3.63, 3.8) is 0 Å². The van der Waals surface area contributed by atoms with Gasteiger partial charge < -0.3 is 9.26 Å². The van der Waals surface area contributed by atoms with Gasteiger partial charge in [0.25, 0.3) is 0 Å². The average molecular weight is 285 g/mol. The maximum Gasteiger partial charge on any atom is 0.232 e. The van der Waals surface area contributed by atoms with E-state index in [-0.39, 0.29) is 0 Å². The van der Waals surface area contributed by atoms with Crippen molar-refractivity contribution in [2.45, 2.75) is 24.8 Å². The maximum absolute atomic E-state index is 5.45. The molecule has 2 aliphatic rings. The molecule has 0 spiro atoms. The molecule has 2 aliphatic heterocycles. The van der Waals surface area contributed by atoms with Crippen LogP contribution in [-0.4, -0.2) is 47.4 Å². The van der Waals surface area contributed by atoms with E-state index in [2.05, 4.69) is 15.0 Å². The monoisotopic (exact) mass is 285 g/mol. The zero-order valence-corrected chi connectivity index (χ0v) is 11.9. The minimum absolute atomic E-state index is 0.387. The van der Waals surface area contributed by atoms with Gasteiger partial charge in [-0.05, 0) is 12.8 Å². The van der Waals surface area contributed by atoms with E-state index in [9.17, 15) is 0 Å². The number of nitrogens with zero attached hydrogens (tertiary/aromatic N) is 3. The van der Waals surface area contributed by atoms with E-state index < -0.39 is 0 Å². The van der Waals surface area contributed by atoms with Crippen molar-refractivity contribution >= 4 is 0 Å². The summed E-state index contributed by atoms with van der Waals surface area (Å²) in [5.41, 5.74) is 1.01. The third-order valence-corrected chi connectivity index (χ3v) is 4.44. The second-order valence-electron chi connectivity index (χ2n) is 5.82. The summed E-state index contributed by atoms with van der Waals surface area (Å²) < 4.78 is 10.9. The molecule has 0 N–H and O–H groups in total. The van der Waals surface area contributed by atoms with E-state index in [1.165, 1.54) is 0 Å². The molecule has 0 saturated carbocycles. The molecule has 2 aromatic rings. The Labute approximate surface area is 123 Å². The van der Waals surface area contributed by atoms with Crippen LogP contribution in [0.1, 0.15) is 24.7 Å². The van der Waals surface area contributed by atoms with Gasteiger partial charge in [-0.15, -0.1) is 0 Å². The fourth-order valence-corrected chi connectivity index (χ4v) is 3.12. The Morgan fingerprint density at radius 1 is 1.05 bits per heavy atom. The number of benzene rings is 1. The van der Waals surface area contributed by atoms with Gasteiger partial charge in [0.15, 0.2) is 0 Å². The van der Waals surface area contributed by atoms with Gasteiger partial charge in [0.1, 0.15) is 0 Å². The summed E-state index contributed by atoms with van der Waals surface area (Å²) in [6.07, 6.45) is 2.29. The molecule has 1 aromatic carbocycles. The van der Waals surface area contributed by atoms with E-state index in [4.69, 9.17) is 9.26 Å². The van der Waals surface area contributed by atoms with Crippen LogP contribution < -0.4 is 0 Å². The maximum atomic E-state index is 5.45. The minimum atomic E-state index is 0.387. The summed E-state index contributed by atoms with van der Waals surface area (Å²) in [5, 5.41) is 4.10. The molecule has 3 heterocycles. The highest BCUT2D eigenvalue weighted by atomic mass is 16.5. The number of rotatable bonds is 3. The van der Waals surface area contributed by atoms with Gasteiger partial charge in [-0.2, -0.15) is 4.98 Å². The molecule has 110 valence electrons. The van der Waals surface area contributed by atoms with Gasteiger partial charge in [-0.3, -0.25) is 4.90 Å². The van der Waals surface area contributed by atoms with Crippen molar-refractivity contribution in [2.24, 2.45) is 0 Å². The summed E-state index contributed by atoms with van der Waals surface area (Å²) in [4.78, 5) is 7.07. The first-order chi connectivity index (χ1) is 10.4. The zero-order valence-electron chi connectivity index (χ0n) is 11.9. The van der Waals surface area contributed by atoms with Gasteiger partial charge in [0.05, 0.1) is 5.92 Å². The van der Waals surface area contributed by atoms with Crippen LogP contribution in [0.15, 0.2) is 34.9 Å². The van der Waals surface area contributed by atoms with Crippen molar-refractivity contribution in [2.75, 3.05) is 26.3 Å². The SMILES string of the molecule is c1ccc(-c2noc(C3CN(C4CCOCC4)C3)n2)cc1. The fourth-order valence-electron chi connectivity index (χ4n) is 3.12. The highest BCUT2D eigenvalue weighted by molar-refractivity contribution is 5.53. The predicted octanol–water partition coefficient (Wildman–Crippen LogP) is 2.31. The Morgan fingerprint density at radius 2 is 1.81 bits per heavy atom. The Hall–Kier alpha value is -1.72. The summed E-state index contributed by atoms with van der Waals surface area (Å²) in [5.74, 6) is 1.85. The van der Waals surface area contributed by atoms with E-state index in [0.29, 0.717) is 17.8 Å². The highest BCUT2D eigenvalue weighted by Gasteiger charge is 2.37. The van der Waals surface area contributed by atoms with Crippen LogP contribution in [0, 0.1) is 0 Å². The van der Waals surface area contributed by atoms with Gasteiger partial charge in [-0.25, -0.2) is 0 Å². The number of hydrogen-bond donors (Lipinski definition) is 0. The third kappa shape index (κ3) is 2.59. The van der Waals surface area contributed by atoms with Crippen molar-refractivity contribution in [1.29, 1.82) is 0 Å². The molecule has 5 heteroatoms. The summed E-state index contributed by atoms with van der Waals surface area (Å²) >= 11 is 0. The van der Waals surface area contributed by atoms with Gasteiger partial charge in [-0.1, -0.05) is 35.5 Å². The van der Waals surface area contributed by atoms with Crippen molar-refractivity contribution in [3.05, 3.63) is 36.2 Å². The molecule has 0 bridgehead atoms. The molecular formula is C16H19N3O2. The van der Waals surface area contributed by atoms with E-state index >= 15 is 0 Å². The topological polar surface area (TPSA) is 51.4 Å². The molecule has 2 fully saturated rings. The second kappa shape index (κ2) is 5.58. The first kappa shape index (κ1) is 13.0. The molecule has 0 unspecified atom stereocenters. The number of aromatic nitrogens is 2. The molecular weight excluding hydrogens is 266 g/mol. The van der Waals surface area contributed by atoms with Crippen LogP contribution in [0.4, 0.5) is 0 Å². The normalized spacial score (nSPS) is 21.3. The minimum Gasteiger partial charge on any atom is -0.381 e. The summed E-state index contributed by atoms with van der Waals surface area (Å²) in [6, 6.07) is 10.6. The molecule has 1 aromatic heterocycles. The van der Waals surface area contributed by atoms with Crippen molar-refractivity contribution in [3.8, 4) is 11.4 Å². The van der Waals surface area contributed by atoms with Crippen LogP contribution in [0.25, 0.3) is 11.4 Å². The standard InChI is InChI=1S/C16H19N3O2/c1-2-4-12(5-3-1)15-17-16(21-18-15)13-10-19(11-13)14-6-8-20-9-7-14/h1-5,13-14H,6-11H2. The Kier molecular flexibility index (Phi) is 3.45. The molecule has 4 rings (SSSR count). The van der Waals surface area contributed by atoms with E-state index in [1.54, 1.807) is 0 Å². The lowest BCUT2D eigenvalue weighted by molar-refractivity contribution is -0.00324. The largest absolute Gasteiger partial charge is 0.381 e. The lowest BCUT2D eigenvalue weighted by Crippen LogP contribution is -2.52. The number of hydrogen-bond acceptors (Lipinski definition) is 5. The Balaban J connectivity index is 1.39. The van der Waals surface area contributed by atoms with Gasteiger partial charge in [0.2, 0.25) is 11.7 Å². The smallest absolute Gasteiger partial charge is 0.232 e. The molecule has 5 nitrogen and oxygen atoms in total. The number of likely N-dealkylation sites (tertiary alicyclic amines) is 1. The first-order valence-corrected chi connectivity index (χ1v) is 7.61. The van der Waals surface area contributed by atoms with Crippen LogP contribution in [0.5, 0.6) is 0 Å². The van der Waals surface area contributed by atoms with Crippen molar-refractivity contribution in [1.82, 2.24) is 15.0 Å². The number of ether oxygens (including phenoxy) is 1. The van der Waals surface area contributed by atoms with Gasteiger partial charge >= 0.3 is 0 Å². The third-order valence-electron chi connectivity index (χ3n) is 4.44. The quantitative estimate of drug-likeness (QED) is 0.866. The van der Waals surface area contributed by atoms with Crippen LogP contribution >= 0.6 is 0 Å². The Bertz CT molecular complexity index is 587. The molecule has 0 aliphatic carbocycles. The average Bonchev–Trinajstić information content (AvgIpc) is 2.97. The molecule has 0 radical (unpaired) electrons. The first-order valence-electron chi connectivity index (χ1n) is 7.61.